The van der Waals surface area contributed by atoms with Crippen LogP contribution in [0.2, 0.25) is 0 Å². The molecule has 1 aliphatic rings. The Morgan fingerprint density at radius 1 is 1.50 bits per heavy atom. The minimum absolute atomic E-state index is 0. The van der Waals surface area contributed by atoms with Crippen molar-refractivity contribution < 1.29 is 4.79 Å². The standard InChI is InChI=1S/C14H17N3OS.ClH/c1-8-3-4-11-12(5-8)19-14(16-11)17-13(18)9(2)10-6-15-7-10;/h3-5,9-10,15H,6-7H2,1-2H3,(H,16,17,18);1H. The summed E-state index contributed by atoms with van der Waals surface area (Å²) in [5.41, 5.74) is 2.16. The Bertz CT molecular complexity index is 624. The van der Waals surface area contributed by atoms with Crippen molar-refractivity contribution in [3.63, 3.8) is 0 Å². The second kappa shape index (κ2) is 6.08. The first-order valence-electron chi connectivity index (χ1n) is 6.52. The molecule has 0 aliphatic carbocycles. The third kappa shape index (κ3) is 2.95. The number of aromatic nitrogens is 1. The van der Waals surface area contributed by atoms with Crippen molar-refractivity contribution in [2.45, 2.75) is 13.8 Å². The highest BCUT2D eigenvalue weighted by molar-refractivity contribution is 7.22. The molecule has 2 aromatic rings. The Labute approximate surface area is 128 Å². The zero-order chi connectivity index (χ0) is 13.4. The van der Waals surface area contributed by atoms with Gasteiger partial charge < -0.3 is 10.6 Å². The van der Waals surface area contributed by atoms with Gasteiger partial charge in [0.2, 0.25) is 5.91 Å². The number of thiazole rings is 1. The number of anilines is 1. The Hall–Kier alpha value is -1.17. The molecule has 1 unspecified atom stereocenters. The maximum absolute atomic E-state index is 12.1. The number of fused-ring (bicyclic) bond motifs is 1. The number of nitrogens with zero attached hydrogens (tertiary/aromatic N) is 1. The fourth-order valence-corrected chi connectivity index (χ4v) is 3.15. The van der Waals surface area contributed by atoms with E-state index in [0.717, 1.165) is 23.3 Å². The van der Waals surface area contributed by atoms with E-state index in [1.807, 2.05) is 19.1 Å². The van der Waals surface area contributed by atoms with Crippen LogP contribution in [0.25, 0.3) is 10.2 Å². The van der Waals surface area contributed by atoms with Gasteiger partial charge in [-0.25, -0.2) is 4.98 Å². The van der Waals surface area contributed by atoms with E-state index >= 15 is 0 Å². The number of carbonyl (C=O) groups excluding carboxylic acids is 1. The molecule has 108 valence electrons. The molecule has 0 spiro atoms. The van der Waals surface area contributed by atoms with Gasteiger partial charge in [-0.1, -0.05) is 24.3 Å². The molecule has 4 nitrogen and oxygen atoms in total. The molecule has 1 aromatic heterocycles. The van der Waals surface area contributed by atoms with E-state index in [9.17, 15) is 4.79 Å². The second-order valence-electron chi connectivity index (χ2n) is 5.19. The Kier molecular flexibility index (Phi) is 4.62. The molecular formula is C14H18ClN3OS. The summed E-state index contributed by atoms with van der Waals surface area (Å²) >= 11 is 1.54. The third-order valence-electron chi connectivity index (χ3n) is 3.71. The van der Waals surface area contributed by atoms with Crippen molar-refractivity contribution >= 4 is 45.0 Å². The van der Waals surface area contributed by atoms with Crippen molar-refractivity contribution in [3.8, 4) is 0 Å². The Morgan fingerprint density at radius 2 is 2.25 bits per heavy atom. The highest BCUT2D eigenvalue weighted by Gasteiger charge is 2.29. The Morgan fingerprint density at radius 3 is 2.90 bits per heavy atom. The van der Waals surface area contributed by atoms with Crippen LogP contribution in [0.3, 0.4) is 0 Å². The molecule has 1 fully saturated rings. The van der Waals surface area contributed by atoms with Gasteiger partial charge in [0.05, 0.1) is 10.2 Å². The van der Waals surface area contributed by atoms with Gasteiger partial charge in [0.25, 0.3) is 0 Å². The number of carbonyl (C=O) groups is 1. The van der Waals surface area contributed by atoms with Crippen molar-refractivity contribution in [2.75, 3.05) is 18.4 Å². The van der Waals surface area contributed by atoms with Crippen LogP contribution in [-0.4, -0.2) is 24.0 Å². The summed E-state index contributed by atoms with van der Waals surface area (Å²) in [7, 11) is 0. The number of amides is 1. The number of hydrogen-bond donors (Lipinski definition) is 2. The lowest BCUT2D eigenvalue weighted by Crippen LogP contribution is -2.48. The highest BCUT2D eigenvalue weighted by atomic mass is 35.5. The average molecular weight is 312 g/mol. The van der Waals surface area contributed by atoms with Crippen LogP contribution in [0, 0.1) is 18.8 Å². The topological polar surface area (TPSA) is 54.0 Å². The predicted molar refractivity (Wildman–Crippen MR) is 85.8 cm³/mol. The Balaban J connectivity index is 0.00000147. The van der Waals surface area contributed by atoms with Gasteiger partial charge in [0.1, 0.15) is 0 Å². The molecule has 1 aliphatic heterocycles. The van der Waals surface area contributed by atoms with Crippen molar-refractivity contribution in [3.05, 3.63) is 23.8 Å². The molecule has 20 heavy (non-hydrogen) atoms. The number of nitrogens with one attached hydrogen (secondary N) is 2. The number of hydrogen-bond acceptors (Lipinski definition) is 4. The van der Waals surface area contributed by atoms with Crippen LogP contribution < -0.4 is 10.6 Å². The summed E-state index contributed by atoms with van der Waals surface area (Å²) in [5, 5.41) is 6.83. The summed E-state index contributed by atoms with van der Waals surface area (Å²) in [6, 6.07) is 6.13. The average Bonchev–Trinajstić information content (AvgIpc) is 2.67. The molecular weight excluding hydrogens is 294 g/mol. The van der Waals surface area contributed by atoms with Crippen molar-refractivity contribution in [1.82, 2.24) is 10.3 Å². The van der Waals surface area contributed by atoms with Crippen LogP contribution in [0.4, 0.5) is 5.13 Å². The quantitative estimate of drug-likeness (QED) is 0.916. The van der Waals surface area contributed by atoms with Gasteiger partial charge in [-0.15, -0.1) is 12.4 Å². The van der Waals surface area contributed by atoms with Gasteiger partial charge in [0, 0.05) is 5.92 Å². The predicted octanol–water partition coefficient (Wildman–Crippen LogP) is 2.82. The minimum atomic E-state index is 0. The number of halogens is 1. The number of aryl methyl sites for hydroxylation is 1. The van der Waals surface area contributed by atoms with Gasteiger partial charge in [-0.05, 0) is 43.6 Å². The zero-order valence-corrected chi connectivity index (χ0v) is 13.1. The smallest absolute Gasteiger partial charge is 0.229 e. The number of rotatable bonds is 3. The van der Waals surface area contributed by atoms with Crippen molar-refractivity contribution in [1.29, 1.82) is 0 Å². The molecule has 0 saturated carbocycles. The molecule has 0 bridgehead atoms. The lowest BCUT2D eigenvalue weighted by Gasteiger charge is -2.31. The zero-order valence-electron chi connectivity index (χ0n) is 11.5. The first-order chi connectivity index (χ1) is 9.13. The SMILES string of the molecule is Cc1ccc2nc(NC(=O)C(C)C3CNC3)sc2c1.Cl. The van der Waals surface area contributed by atoms with Crippen molar-refractivity contribution in [2.24, 2.45) is 11.8 Å². The second-order valence-corrected chi connectivity index (χ2v) is 6.22. The number of benzene rings is 1. The molecule has 1 aromatic carbocycles. The monoisotopic (exact) mass is 311 g/mol. The molecule has 2 heterocycles. The van der Waals surface area contributed by atoms with Gasteiger partial charge in [0.15, 0.2) is 5.13 Å². The first kappa shape index (κ1) is 15.2. The summed E-state index contributed by atoms with van der Waals surface area (Å²) in [6.45, 7) is 5.92. The molecule has 2 N–H and O–H groups in total. The largest absolute Gasteiger partial charge is 0.316 e. The van der Waals surface area contributed by atoms with E-state index in [1.165, 1.54) is 16.9 Å². The fourth-order valence-electron chi connectivity index (χ4n) is 2.18. The molecule has 1 amide bonds. The van der Waals surface area contributed by atoms with E-state index in [2.05, 4.69) is 28.6 Å². The van der Waals surface area contributed by atoms with E-state index in [0.29, 0.717) is 11.0 Å². The summed E-state index contributed by atoms with van der Waals surface area (Å²) in [4.78, 5) is 16.6. The van der Waals surface area contributed by atoms with Gasteiger partial charge >= 0.3 is 0 Å². The van der Waals surface area contributed by atoms with E-state index in [4.69, 9.17) is 0 Å². The summed E-state index contributed by atoms with van der Waals surface area (Å²) in [5.74, 6) is 0.564. The molecule has 6 heteroatoms. The molecule has 1 saturated heterocycles. The van der Waals surface area contributed by atoms with Crippen LogP contribution in [0.1, 0.15) is 12.5 Å². The lowest BCUT2D eigenvalue weighted by atomic mass is 9.88. The molecule has 1 atom stereocenters. The van der Waals surface area contributed by atoms with Crippen LogP contribution in [-0.2, 0) is 4.79 Å². The van der Waals surface area contributed by atoms with E-state index < -0.39 is 0 Å². The van der Waals surface area contributed by atoms with Gasteiger partial charge in [-0.2, -0.15) is 0 Å². The van der Waals surface area contributed by atoms with E-state index in [1.54, 1.807) is 0 Å². The summed E-state index contributed by atoms with van der Waals surface area (Å²) < 4.78 is 1.12. The highest BCUT2D eigenvalue weighted by Crippen LogP contribution is 2.27. The van der Waals surface area contributed by atoms with Crippen LogP contribution in [0.5, 0.6) is 0 Å². The summed E-state index contributed by atoms with van der Waals surface area (Å²) in [6.07, 6.45) is 0. The normalized spacial score (nSPS) is 16.3. The maximum atomic E-state index is 12.1. The minimum Gasteiger partial charge on any atom is -0.316 e. The third-order valence-corrected chi connectivity index (χ3v) is 4.64. The molecule has 3 rings (SSSR count). The van der Waals surface area contributed by atoms with E-state index in [-0.39, 0.29) is 24.2 Å². The fraction of sp³-hybridized carbons (Fsp3) is 0.429. The lowest BCUT2D eigenvalue weighted by molar-refractivity contribution is -0.121. The van der Waals surface area contributed by atoms with Gasteiger partial charge in [-0.3, -0.25) is 4.79 Å². The first-order valence-corrected chi connectivity index (χ1v) is 7.34. The van der Waals surface area contributed by atoms with Crippen LogP contribution >= 0.6 is 23.7 Å². The molecule has 0 radical (unpaired) electrons. The van der Waals surface area contributed by atoms with Crippen LogP contribution in [0.15, 0.2) is 18.2 Å². The maximum Gasteiger partial charge on any atom is 0.229 e.